The first-order valence-corrected chi connectivity index (χ1v) is 6.90. The number of amides is 2. The van der Waals surface area contributed by atoms with Gasteiger partial charge in [0.1, 0.15) is 0 Å². The van der Waals surface area contributed by atoms with Gasteiger partial charge in [0.2, 0.25) is 11.8 Å². The van der Waals surface area contributed by atoms with Crippen LogP contribution in [0.2, 0.25) is 0 Å². The second kappa shape index (κ2) is 8.32. The van der Waals surface area contributed by atoms with Gasteiger partial charge >= 0.3 is 0 Å². The van der Waals surface area contributed by atoms with Gasteiger partial charge < -0.3 is 16.0 Å². The normalized spacial score (nSPS) is 11.8. The van der Waals surface area contributed by atoms with E-state index in [9.17, 15) is 9.59 Å². The largest absolute Gasteiger partial charge is 0.350 e. The minimum absolute atomic E-state index is 0.0170. The lowest BCUT2D eigenvalue weighted by atomic mass is 10.1. The summed E-state index contributed by atoms with van der Waals surface area (Å²) in [5.41, 5.74) is 1.71. The number of carbonyl (C=O) groups is 2. The second-order valence-corrected chi connectivity index (χ2v) is 4.70. The molecule has 1 aromatic rings. The van der Waals surface area contributed by atoms with Crippen molar-refractivity contribution in [1.82, 2.24) is 10.6 Å². The quantitative estimate of drug-likeness (QED) is 0.666. The molecule has 0 saturated carbocycles. The van der Waals surface area contributed by atoms with E-state index in [0.717, 1.165) is 17.8 Å². The lowest BCUT2D eigenvalue weighted by Gasteiger charge is -2.15. The van der Waals surface area contributed by atoms with Gasteiger partial charge in [0.25, 0.3) is 0 Å². The Hall–Kier alpha value is -1.88. The van der Waals surface area contributed by atoms with E-state index < -0.39 is 0 Å². The van der Waals surface area contributed by atoms with Crippen LogP contribution in [0.5, 0.6) is 0 Å². The molecule has 0 spiro atoms. The highest BCUT2D eigenvalue weighted by molar-refractivity contribution is 5.88. The standard InChI is InChI=1S/C15H23N3O2/c1-4-16-9-8-15(20)17-11(2)13-6-5-7-14(10-13)18-12(3)19/h5-7,10-11,16H,4,8-9H2,1-3H3,(H,17,20)(H,18,19). The molecular formula is C15H23N3O2. The smallest absolute Gasteiger partial charge is 0.221 e. The minimum atomic E-state index is -0.107. The molecule has 0 aliphatic carbocycles. The van der Waals surface area contributed by atoms with Crippen molar-refractivity contribution in [2.24, 2.45) is 0 Å². The molecule has 0 aliphatic rings. The van der Waals surface area contributed by atoms with Crippen LogP contribution in [0.3, 0.4) is 0 Å². The maximum absolute atomic E-state index is 11.7. The second-order valence-electron chi connectivity index (χ2n) is 4.70. The van der Waals surface area contributed by atoms with Crippen molar-refractivity contribution in [2.75, 3.05) is 18.4 Å². The lowest BCUT2D eigenvalue weighted by molar-refractivity contribution is -0.121. The third-order valence-corrected chi connectivity index (χ3v) is 2.86. The van der Waals surface area contributed by atoms with Gasteiger partial charge in [0.15, 0.2) is 0 Å². The molecule has 5 nitrogen and oxygen atoms in total. The molecule has 1 rings (SSSR count). The Morgan fingerprint density at radius 2 is 2.05 bits per heavy atom. The highest BCUT2D eigenvalue weighted by atomic mass is 16.2. The summed E-state index contributed by atoms with van der Waals surface area (Å²) >= 11 is 0. The van der Waals surface area contributed by atoms with Crippen molar-refractivity contribution in [3.8, 4) is 0 Å². The van der Waals surface area contributed by atoms with Crippen LogP contribution in [0.15, 0.2) is 24.3 Å². The number of nitrogens with one attached hydrogen (secondary N) is 3. The number of rotatable bonds is 7. The molecule has 20 heavy (non-hydrogen) atoms. The highest BCUT2D eigenvalue weighted by Crippen LogP contribution is 2.17. The number of carbonyl (C=O) groups excluding carboxylic acids is 2. The number of hydrogen-bond donors (Lipinski definition) is 3. The molecule has 3 N–H and O–H groups in total. The number of anilines is 1. The van der Waals surface area contributed by atoms with Crippen molar-refractivity contribution < 1.29 is 9.59 Å². The summed E-state index contributed by atoms with van der Waals surface area (Å²) < 4.78 is 0. The number of hydrogen-bond acceptors (Lipinski definition) is 3. The van der Waals surface area contributed by atoms with Crippen molar-refractivity contribution in [1.29, 1.82) is 0 Å². The van der Waals surface area contributed by atoms with Gasteiger partial charge in [-0.3, -0.25) is 9.59 Å². The number of benzene rings is 1. The Labute approximate surface area is 120 Å². The topological polar surface area (TPSA) is 70.2 Å². The van der Waals surface area contributed by atoms with Crippen molar-refractivity contribution in [3.63, 3.8) is 0 Å². The third-order valence-electron chi connectivity index (χ3n) is 2.86. The summed E-state index contributed by atoms with van der Waals surface area (Å²) in [5, 5.41) is 8.79. The van der Waals surface area contributed by atoms with E-state index in [0.29, 0.717) is 13.0 Å². The molecule has 0 saturated heterocycles. The summed E-state index contributed by atoms with van der Waals surface area (Å²) in [7, 11) is 0. The monoisotopic (exact) mass is 277 g/mol. The van der Waals surface area contributed by atoms with Gasteiger partial charge in [-0.1, -0.05) is 19.1 Å². The van der Waals surface area contributed by atoms with E-state index in [1.807, 2.05) is 38.1 Å². The molecule has 1 unspecified atom stereocenters. The third kappa shape index (κ3) is 5.84. The Kier molecular flexibility index (Phi) is 6.73. The summed E-state index contributed by atoms with van der Waals surface area (Å²) in [6.45, 7) is 6.95. The van der Waals surface area contributed by atoms with E-state index >= 15 is 0 Å². The molecule has 0 fully saturated rings. The lowest BCUT2D eigenvalue weighted by Crippen LogP contribution is -2.29. The van der Waals surface area contributed by atoms with Crippen LogP contribution in [0.1, 0.15) is 38.8 Å². The zero-order valence-electron chi connectivity index (χ0n) is 12.3. The zero-order valence-corrected chi connectivity index (χ0v) is 12.3. The fraction of sp³-hybridized carbons (Fsp3) is 0.467. The summed E-state index contributed by atoms with van der Waals surface area (Å²) in [6.07, 6.45) is 0.462. The predicted molar refractivity (Wildman–Crippen MR) is 80.5 cm³/mol. The molecule has 5 heteroatoms. The fourth-order valence-electron chi connectivity index (χ4n) is 1.86. The van der Waals surface area contributed by atoms with Crippen LogP contribution in [-0.4, -0.2) is 24.9 Å². The Balaban J connectivity index is 2.56. The van der Waals surface area contributed by atoms with Crippen LogP contribution < -0.4 is 16.0 Å². The molecule has 0 bridgehead atoms. The molecule has 110 valence electrons. The first-order valence-electron chi connectivity index (χ1n) is 6.90. The van der Waals surface area contributed by atoms with Gasteiger partial charge in [-0.15, -0.1) is 0 Å². The van der Waals surface area contributed by atoms with E-state index in [1.165, 1.54) is 6.92 Å². The molecular weight excluding hydrogens is 254 g/mol. The van der Waals surface area contributed by atoms with Gasteiger partial charge in [-0.2, -0.15) is 0 Å². The maximum Gasteiger partial charge on any atom is 0.221 e. The van der Waals surface area contributed by atoms with Crippen molar-refractivity contribution in [2.45, 2.75) is 33.2 Å². The zero-order chi connectivity index (χ0) is 15.0. The van der Waals surface area contributed by atoms with Gasteiger partial charge in [0, 0.05) is 25.6 Å². The SMILES string of the molecule is CCNCCC(=O)NC(C)c1cccc(NC(C)=O)c1. The molecule has 2 amide bonds. The maximum atomic E-state index is 11.7. The molecule has 1 aromatic carbocycles. The van der Waals surface area contributed by atoms with E-state index in [2.05, 4.69) is 16.0 Å². The predicted octanol–water partition coefficient (Wildman–Crippen LogP) is 1.82. The molecule has 0 aliphatic heterocycles. The van der Waals surface area contributed by atoms with E-state index in [4.69, 9.17) is 0 Å². The van der Waals surface area contributed by atoms with Crippen LogP contribution in [0.4, 0.5) is 5.69 Å². The van der Waals surface area contributed by atoms with Crippen LogP contribution in [0, 0.1) is 0 Å². The Bertz CT molecular complexity index is 460. The van der Waals surface area contributed by atoms with Crippen LogP contribution in [0.25, 0.3) is 0 Å². The first kappa shape index (κ1) is 16.2. The fourth-order valence-corrected chi connectivity index (χ4v) is 1.86. The van der Waals surface area contributed by atoms with E-state index in [-0.39, 0.29) is 17.9 Å². The van der Waals surface area contributed by atoms with E-state index in [1.54, 1.807) is 0 Å². The Morgan fingerprint density at radius 1 is 1.30 bits per heavy atom. The van der Waals surface area contributed by atoms with Crippen molar-refractivity contribution in [3.05, 3.63) is 29.8 Å². The first-order chi connectivity index (χ1) is 9.52. The summed E-state index contributed by atoms with van der Waals surface area (Å²) in [6, 6.07) is 7.40. The molecule has 0 heterocycles. The minimum Gasteiger partial charge on any atom is -0.350 e. The average Bonchev–Trinajstić information content (AvgIpc) is 2.38. The van der Waals surface area contributed by atoms with Crippen molar-refractivity contribution >= 4 is 17.5 Å². The van der Waals surface area contributed by atoms with Gasteiger partial charge in [-0.25, -0.2) is 0 Å². The summed E-state index contributed by atoms with van der Waals surface area (Å²) in [5.74, 6) is -0.0899. The molecule has 1 atom stereocenters. The molecule has 0 radical (unpaired) electrons. The Morgan fingerprint density at radius 3 is 2.70 bits per heavy atom. The van der Waals surface area contributed by atoms with Gasteiger partial charge in [0.05, 0.1) is 6.04 Å². The van der Waals surface area contributed by atoms with Crippen LogP contribution >= 0.6 is 0 Å². The average molecular weight is 277 g/mol. The van der Waals surface area contributed by atoms with Crippen LogP contribution in [-0.2, 0) is 9.59 Å². The van der Waals surface area contributed by atoms with Gasteiger partial charge in [-0.05, 0) is 31.2 Å². The summed E-state index contributed by atoms with van der Waals surface area (Å²) in [4.78, 5) is 22.8. The molecule has 0 aromatic heterocycles. The highest BCUT2D eigenvalue weighted by Gasteiger charge is 2.09.